The second-order valence-electron chi connectivity index (χ2n) is 8.06. The van der Waals surface area contributed by atoms with Gasteiger partial charge in [-0.2, -0.15) is 5.10 Å². The molecule has 0 bridgehead atoms. The first-order chi connectivity index (χ1) is 15.1. The Balaban J connectivity index is 1.30. The van der Waals surface area contributed by atoms with E-state index in [0.29, 0.717) is 31.3 Å². The van der Waals surface area contributed by atoms with E-state index in [1.807, 2.05) is 31.0 Å². The van der Waals surface area contributed by atoms with Gasteiger partial charge in [-0.1, -0.05) is 0 Å². The standard InChI is InChI=1S/C22H26N6O3/c1-15-11-20(25-26(15)2)22(29)28-8-6-27(7-9-28)16-3-4-19-18(12-16)21(24-14-23-19)31-17-5-10-30-13-17/h3-4,11-12,14,17H,5-10,13H2,1-2H3. The minimum absolute atomic E-state index is 0.00951. The third-order valence-electron chi connectivity index (χ3n) is 6.01. The van der Waals surface area contributed by atoms with Gasteiger partial charge in [-0.3, -0.25) is 9.48 Å². The van der Waals surface area contributed by atoms with Crippen LogP contribution in [0.3, 0.4) is 0 Å². The SMILES string of the molecule is Cc1cc(C(=O)N2CCN(c3ccc4ncnc(OC5CCOC5)c4c3)CC2)nn1C. The summed E-state index contributed by atoms with van der Waals surface area (Å²) in [5.41, 5.74) is 3.42. The number of carbonyl (C=O) groups is 1. The fraction of sp³-hybridized carbons (Fsp3) is 0.455. The highest BCUT2D eigenvalue weighted by Crippen LogP contribution is 2.29. The van der Waals surface area contributed by atoms with Crippen LogP contribution < -0.4 is 9.64 Å². The minimum Gasteiger partial charge on any atom is -0.471 e. The van der Waals surface area contributed by atoms with Crippen molar-refractivity contribution in [3.8, 4) is 5.88 Å². The number of ether oxygens (including phenoxy) is 2. The zero-order valence-electron chi connectivity index (χ0n) is 17.8. The van der Waals surface area contributed by atoms with Crippen LogP contribution in [0, 0.1) is 6.92 Å². The van der Waals surface area contributed by atoms with E-state index in [2.05, 4.69) is 32.1 Å². The monoisotopic (exact) mass is 422 g/mol. The molecular formula is C22H26N6O3. The molecule has 2 fully saturated rings. The Bertz CT molecular complexity index is 1080. The van der Waals surface area contributed by atoms with Crippen LogP contribution in [-0.4, -0.2) is 76.1 Å². The minimum atomic E-state index is -0.00951. The van der Waals surface area contributed by atoms with Gasteiger partial charge in [-0.25, -0.2) is 9.97 Å². The largest absolute Gasteiger partial charge is 0.471 e. The van der Waals surface area contributed by atoms with Crippen molar-refractivity contribution >= 4 is 22.5 Å². The molecule has 9 heteroatoms. The highest BCUT2D eigenvalue weighted by atomic mass is 16.5. The highest BCUT2D eigenvalue weighted by Gasteiger charge is 2.25. The second kappa shape index (κ2) is 8.14. The number of amides is 1. The molecule has 1 amide bonds. The fourth-order valence-corrected chi connectivity index (χ4v) is 4.07. The maximum Gasteiger partial charge on any atom is 0.274 e. The summed E-state index contributed by atoms with van der Waals surface area (Å²) in [7, 11) is 1.85. The summed E-state index contributed by atoms with van der Waals surface area (Å²) >= 11 is 0. The number of aromatic nitrogens is 4. The number of piperazine rings is 1. The molecule has 1 unspecified atom stereocenters. The van der Waals surface area contributed by atoms with Gasteiger partial charge in [0.1, 0.15) is 12.4 Å². The lowest BCUT2D eigenvalue weighted by molar-refractivity contribution is 0.0740. The highest BCUT2D eigenvalue weighted by molar-refractivity contribution is 5.92. The lowest BCUT2D eigenvalue weighted by Gasteiger charge is -2.36. The predicted molar refractivity (Wildman–Crippen MR) is 115 cm³/mol. The van der Waals surface area contributed by atoms with Crippen molar-refractivity contribution in [1.29, 1.82) is 0 Å². The van der Waals surface area contributed by atoms with E-state index in [1.165, 1.54) is 6.33 Å². The Hall–Kier alpha value is -3.20. The molecular weight excluding hydrogens is 396 g/mol. The lowest BCUT2D eigenvalue weighted by Crippen LogP contribution is -2.48. The van der Waals surface area contributed by atoms with Crippen LogP contribution in [0.1, 0.15) is 22.6 Å². The van der Waals surface area contributed by atoms with Crippen molar-refractivity contribution < 1.29 is 14.3 Å². The van der Waals surface area contributed by atoms with Crippen LogP contribution in [0.25, 0.3) is 10.9 Å². The third kappa shape index (κ3) is 3.93. The lowest BCUT2D eigenvalue weighted by atomic mass is 10.1. The Kier molecular flexibility index (Phi) is 5.19. The first-order valence-corrected chi connectivity index (χ1v) is 10.6. The zero-order chi connectivity index (χ0) is 21.4. The zero-order valence-corrected chi connectivity index (χ0v) is 17.8. The van der Waals surface area contributed by atoms with Crippen LogP contribution >= 0.6 is 0 Å². The molecule has 0 radical (unpaired) electrons. The van der Waals surface area contributed by atoms with Gasteiger partial charge >= 0.3 is 0 Å². The first-order valence-electron chi connectivity index (χ1n) is 10.6. The number of carbonyl (C=O) groups excluding carboxylic acids is 1. The van der Waals surface area contributed by atoms with Crippen molar-refractivity contribution in [2.24, 2.45) is 7.05 Å². The molecule has 0 spiro atoms. The van der Waals surface area contributed by atoms with Gasteiger partial charge in [0.05, 0.1) is 24.1 Å². The summed E-state index contributed by atoms with van der Waals surface area (Å²) in [6.07, 6.45) is 2.44. The van der Waals surface area contributed by atoms with Crippen molar-refractivity contribution in [1.82, 2.24) is 24.6 Å². The Labute approximate surface area is 180 Å². The van der Waals surface area contributed by atoms with Crippen LogP contribution in [0.15, 0.2) is 30.6 Å². The van der Waals surface area contributed by atoms with E-state index >= 15 is 0 Å². The number of benzene rings is 1. The maximum atomic E-state index is 12.8. The van der Waals surface area contributed by atoms with E-state index in [1.54, 1.807) is 4.68 Å². The molecule has 9 nitrogen and oxygen atoms in total. The van der Waals surface area contributed by atoms with Crippen LogP contribution in [-0.2, 0) is 11.8 Å². The number of nitrogens with zero attached hydrogens (tertiary/aromatic N) is 6. The Morgan fingerprint density at radius 1 is 1.16 bits per heavy atom. The number of hydrogen-bond donors (Lipinski definition) is 0. The van der Waals surface area contributed by atoms with Gasteiger partial charge < -0.3 is 19.3 Å². The molecule has 5 rings (SSSR count). The predicted octanol–water partition coefficient (Wildman–Crippen LogP) is 1.80. The summed E-state index contributed by atoms with van der Waals surface area (Å²) in [5, 5.41) is 5.22. The van der Waals surface area contributed by atoms with Crippen LogP contribution in [0.5, 0.6) is 5.88 Å². The molecule has 4 heterocycles. The maximum absolute atomic E-state index is 12.8. The number of anilines is 1. The van der Waals surface area contributed by atoms with E-state index < -0.39 is 0 Å². The Morgan fingerprint density at radius 3 is 2.71 bits per heavy atom. The normalized spacial score (nSPS) is 19.2. The topological polar surface area (TPSA) is 85.6 Å². The first kappa shape index (κ1) is 19.7. The molecule has 2 aliphatic heterocycles. The average Bonchev–Trinajstić information content (AvgIpc) is 3.43. The Morgan fingerprint density at radius 2 is 2.00 bits per heavy atom. The van der Waals surface area contributed by atoms with Crippen LogP contribution in [0.4, 0.5) is 5.69 Å². The van der Waals surface area contributed by atoms with Gasteiger partial charge in [0.15, 0.2) is 5.69 Å². The van der Waals surface area contributed by atoms with E-state index in [0.717, 1.165) is 48.4 Å². The summed E-state index contributed by atoms with van der Waals surface area (Å²) < 4.78 is 13.2. The van der Waals surface area contributed by atoms with E-state index in [4.69, 9.17) is 9.47 Å². The quantitative estimate of drug-likeness (QED) is 0.634. The molecule has 1 atom stereocenters. The molecule has 1 aromatic carbocycles. The number of hydrogen-bond acceptors (Lipinski definition) is 7. The van der Waals surface area contributed by atoms with Crippen LogP contribution in [0.2, 0.25) is 0 Å². The summed E-state index contributed by atoms with van der Waals surface area (Å²) in [4.78, 5) is 25.7. The second-order valence-corrected chi connectivity index (χ2v) is 8.06. The number of fused-ring (bicyclic) bond motifs is 1. The molecule has 0 aliphatic carbocycles. The molecule has 2 aliphatic rings. The van der Waals surface area contributed by atoms with Crippen molar-refractivity contribution in [2.75, 3.05) is 44.3 Å². The molecule has 3 aromatic rings. The third-order valence-corrected chi connectivity index (χ3v) is 6.01. The van der Waals surface area contributed by atoms with Gasteiger partial charge in [-0.05, 0) is 31.2 Å². The van der Waals surface area contributed by atoms with Crippen molar-refractivity contribution in [2.45, 2.75) is 19.4 Å². The summed E-state index contributed by atoms with van der Waals surface area (Å²) in [5.74, 6) is 0.589. The molecule has 2 saturated heterocycles. The molecule has 162 valence electrons. The summed E-state index contributed by atoms with van der Waals surface area (Å²) in [6.45, 7) is 6.08. The van der Waals surface area contributed by atoms with E-state index in [-0.39, 0.29) is 12.0 Å². The van der Waals surface area contributed by atoms with Crippen molar-refractivity contribution in [3.05, 3.63) is 42.0 Å². The molecule has 0 saturated carbocycles. The fourth-order valence-electron chi connectivity index (χ4n) is 4.07. The van der Waals surface area contributed by atoms with E-state index in [9.17, 15) is 4.79 Å². The summed E-state index contributed by atoms with van der Waals surface area (Å²) in [6, 6.07) is 7.99. The number of rotatable bonds is 4. The van der Waals surface area contributed by atoms with Gasteiger partial charge in [0, 0.05) is 51.0 Å². The smallest absolute Gasteiger partial charge is 0.274 e. The molecule has 31 heavy (non-hydrogen) atoms. The van der Waals surface area contributed by atoms with Gasteiger partial charge in [0.25, 0.3) is 5.91 Å². The van der Waals surface area contributed by atoms with Gasteiger partial charge in [0.2, 0.25) is 5.88 Å². The van der Waals surface area contributed by atoms with Crippen molar-refractivity contribution in [3.63, 3.8) is 0 Å². The van der Waals surface area contributed by atoms with Gasteiger partial charge in [-0.15, -0.1) is 0 Å². The average molecular weight is 422 g/mol. The molecule has 0 N–H and O–H groups in total. The molecule has 2 aromatic heterocycles. The number of aryl methyl sites for hydroxylation is 2.